The van der Waals surface area contributed by atoms with Gasteiger partial charge < -0.3 is 9.64 Å². The molecule has 6 nitrogen and oxygen atoms in total. The van der Waals surface area contributed by atoms with Gasteiger partial charge in [-0.05, 0) is 19.9 Å². The van der Waals surface area contributed by atoms with Crippen molar-refractivity contribution in [1.29, 1.82) is 0 Å². The standard InChI is InChI=1S/C16H19FN4O2/c1-10-9-23-11(2)8-21(10)16-19-14(6-15(22)20(16)3)12-4-5-18-7-13(12)17/h4-7,10-11H,8-9H2,1-3H3/t10-,11+/m1/s1. The van der Waals surface area contributed by atoms with Gasteiger partial charge in [-0.15, -0.1) is 0 Å². The van der Waals surface area contributed by atoms with Gasteiger partial charge in [0, 0.05) is 31.4 Å². The van der Waals surface area contributed by atoms with Crippen molar-refractivity contribution in [2.75, 3.05) is 18.1 Å². The first-order chi connectivity index (χ1) is 11.0. The minimum absolute atomic E-state index is 0.0458. The molecule has 0 unspecified atom stereocenters. The van der Waals surface area contributed by atoms with Crippen LogP contribution in [0.1, 0.15) is 13.8 Å². The van der Waals surface area contributed by atoms with Gasteiger partial charge in [0.25, 0.3) is 5.56 Å². The Balaban J connectivity index is 2.11. The van der Waals surface area contributed by atoms with Gasteiger partial charge in [0.15, 0.2) is 5.82 Å². The lowest BCUT2D eigenvalue weighted by atomic mass is 10.2. The summed E-state index contributed by atoms with van der Waals surface area (Å²) in [6, 6.07) is 2.95. The van der Waals surface area contributed by atoms with E-state index in [1.807, 2.05) is 18.7 Å². The topological polar surface area (TPSA) is 60.2 Å². The summed E-state index contributed by atoms with van der Waals surface area (Å²) in [5, 5.41) is 0. The van der Waals surface area contributed by atoms with E-state index in [1.54, 1.807) is 7.05 Å². The summed E-state index contributed by atoms with van der Waals surface area (Å²) in [6.07, 6.45) is 2.65. The first-order valence-corrected chi connectivity index (χ1v) is 7.53. The van der Waals surface area contributed by atoms with Crippen LogP contribution < -0.4 is 10.5 Å². The molecule has 2 aromatic rings. The zero-order valence-electron chi connectivity index (χ0n) is 13.4. The normalized spacial score (nSPS) is 21.5. The van der Waals surface area contributed by atoms with Crippen LogP contribution in [0, 0.1) is 5.82 Å². The zero-order valence-corrected chi connectivity index (χ0v) is 13.4. The highest BCUT2D eigenvalue weighted by Crippen LogP contribution is 2.23. The Morgan fingerprint density at radius 2 is 2.17 bits per heavy atom. The number of ether oxygens (including phenoxy) is 1. The Hall–Kier alpha value is -2.28. The molecule has 0 bridgehead atoms. The Morgan fingerprint density at radius 3 is 2.91 bits per heavy atom. The zero-order chi connectivity index (χ0) is 16.6. The molecule has 0 spiro atoms. The molecular weight excluding hydrogens is 299 g/mol. The van der Waals surface area contributed by atoms with Crippen molar-refractivity contribution in [2.45, 2.75) is 26.0 Å². The maximum atomic E-state index is 14.0. The monoisotopic (exact) mass is 318 g/mol. The van der Waals surface area contributed by atoms with Crippen LogP contribution in [0.25, 0.3) is 11.3 Å². The quantitative estimate of drug-likeness (QED) is 0.842. The molecule has 2 atom stereocenters. The molecule has 2 aromatic heterocycles. The van der Waals surface area contributed by atoms with Crippen LogP contribution in [0.3, 0.4) is 0 Å². The maximum absolute atomic E-state index is 14.0. The van der Waals surface area contributed by atoms with Crippen molar-refractivity contribution in [3.05, 3.63) is 40.7 Å². The van der Waals surface area contributed by atoms with Crippen LogP contribution in [0.5, 0.6) is 0 Å². The fraction of sp³-hybridized carbons (Fsp3) is 0.438. The van der Waals surface area contributed by atoms with Crippen molar-refractivity contribution in [3.63, 3.8) is 0 Å². The first-order valence-electron chi connectivity index (χ1n) is 7.53. The average molecular weight is 318 g/mol. The van der Waals surface area contributed by atoms with E-state index >= 15 is 0 Å². The summed E-state index contributed by atoms with van der Waals surface area (Å²) in [4.78, 5) is 22.6. The van der Waals surface area contributed by atoms with Crippen LogP contribution in [-0.2, 0) is 11.8 Å². The number of hydrogen-bond donors (Lipinski definition) is 0. The third-order valence-corrected chi connectivity index (χ3v) is 4.02. The van der Waals surface area contributed by atoms with Gasteiger partial charge in [0.1, 0.15) is 0 Å². The number of nitrogens with zero attached hydrogens (tertiary/aromatic N) is 4. The lowest BCUT2D eigenvalue weighted by Crippen LogP contribution is -2.49. The van der Waals surface area contributed by atoms with Crippen LogP contribution in [0.2, 0.25) is 0 Å². The minimum atomic E-state index is -0.498. The highest BCUT2D eigenvalue weighted by molar-refractivity contribution is 5.60. The van der Waals surface area contributed by atoms with Crippen molar-refractivity contribution >= 4 is 5.95 Å². The molecule has 3 heterocycles. The third-order valence-electron chi connectivity index (χ3n) is 4.02. The Morgan fingerprint density at radius 1 is 1.39 bits per heavy atom. The first kappa shape index (κ1) is 15.6. The lowest BCUT2D eigenvalue weighted by molar-refractivity contribution is 0.0334. The fourth-order valence-electron chi connectivity index (χ4n) is 2.69. The highest BCUT2D eigenvalue weighted by Gasteiger charge is 2.27. The Kier molecular flexibility index (Phi) is 4.12. The van der Waals surface area contributed by atoms with Gasteiger partial charge >= 0.3 is 0 Å². The lowest BCUT2D eigenvalue weighted by Gasteiger charge is -2.38. The smallest absolute Gasteiger partial charge is 0.255 e. The number of pyridine rings is 1. The molecule has 0 amide bonds. The number of morpholine rings is 1. The van der Waals surface area contributed by atoms with Gasteiger partial charge in [-0.1, -0.05) is 0 Å². The van der Waals surface area contributed by atoms with Crippen molar-refractivity contribution in [2.24, 2.45) is 7.05 Å². The van der Waals surface area contributed by atoms with Gasteiger partial charge in [0.05, 0.1) is 30.6 Å². The van der Waals surface area contributed by atoms with Gasteiger partial charge in [-0.3, -0.25) is 14.3 Å². The predicted octanol–water partition coefficient (Wildman–Crippen LogP) is 1.59. The Bertz CT molecular complexity index is 777. The molecule has 1 aliphatic rings. The highest BCUT2D eigenvalue weighted by atomic mass is 19.1. The largest absolute Gasteiger partial charge is 0.375 e. The molecule has 1 fully saturated rings. The van der Waals surface area contributed by atoms with E-state index < -0.39 is 5.82 Å². The van der Waals surface area contributed by atoms with E-state index in [0.717, 1.165) is 6.20 Å². The molecular formula is C16H19FN4O2. The SMILES string of the molecule is C[C@@H]1CO[C@@H](C)CN1c1nc(-c2ccncc2F)cc(=O)n1C. The maximum Gasteiger partial charge on any atom is 0.255 e. The molecule has 3 rings (SSSR count). The number of halogens is 1. The molecule has 0 aliphatic carbocycles. The second kappa shape index (κ2) is 6.08. The van der Waals surface area contributed by atoms with E-state index in [0.29, 0.717) is 24.8 Å². The molecule has 0 N–H and O–H groups in total. The second-order valence-electron chi connectivity index (χ2n) is 5.84. The van der Waals surface area contributed by atoms with Gasteiger partial charge in [0.2, 0.25) is 5.95 Å². The number of hydrogen-bond acceptors (Lipinski definition) is 5. The molecule has 7 heteroatoms. The van der Waals surface area contributed by atoms with Crippen LogP contribution >= 0.6 is 0 Å². The van der Waals surface area contributed by atoms with E-state index in [-0.39, 0.29) is 23.3 Å². The second-order valence-corrected chi connectivity index (χ2v) is 5.84. The Labute approximate surface area is 133 Å². The number of anilines is 1. The van der Waals surface area contributed by atoms with Crippen LogP contribution in [0.4, 0.5) is 10.3 Å². The molecule has 1 aliphatic heterocycles. The summed E-state index contributed by atoms with van der Waals surface area (Å²) >= 11 is 0. The summed E-state index contributed by atoms with van der Waals surface area (Å²) in [5.41, 5.74) is 0.356. The fourth-order valence-corrected chi connectivity index (χ4v) is 2.69. The van der Waals surface area contributed by atoms with E-state index in [4.69, 9.17) is 4.74 Å². The van der Waals surface area contributed by atoms with Gasteiger partial charge in [-0.25, -0.2) is 9.37 Å². The summed E-state index contributed by atoms with van der Waals surface area (Å²) in [7, 11) is 1.67. The number of rotatable bonds is 2. The summed E-state index contributed by atoms with van der Waals surface area (Å²) in [5.74, 6) is 0.0222. The van der Waals surface area contributed by atoms with Crippen LogP contribution in [0.15, 0.2) is 29.3 Å². The van der Waals surface area contributed by atoms with Crippen LogP contribution in [-0.4, -0.2) is 39.8 Å². The van der Waals surface area contributed by atoms with Crippen molar-refractivity contribution in [1.82, 2.24) is 14.5 Å². The van der Waals surface area contributed by atoms with Crippen molar-refractivity contribution in [3.8, 4) is 11.3 Å². The molecule has 122 valence electrons. The molecule has 0 saturated carbocycles. The number of aromatic nitrogens is 3. The van der Waals surface area contributed by atoms with E-state index in [9.17, 15) is 9.18 Å². The van der Waals surface area contributed by atoms with E-state index in [1.165, 1.54) is 22.9 Å². The summed E-state index contributed by atoms with van der Waals surface area (Å²) < 4.78 is 21.1. The van der Waals surface area contributed by atoms with Gasteiger partial charge in [-0.2, -0.15) is 0 Å². The molecule has 23 heavy (non-hydrogen) atoms. The van der Waals surface area contributed by atoms with E-state index in [2.05, 4.69) is 9.97 Å². The predicted molar refractivity (Wildman–Crippen MR) is 84.9 cm³/mol. The molecule has 0 radical (unpaired) electrons. The van der Waals surface area contributed by atoms with Crippen molar-refractivity contribution < 1.29 is 9.13 Å². The minimum Gasteiger partial charge on any atom is -0.375 e. The molecule has 0 aromatic carbocycles. The third kappa shape index (κ3) is 2.96. The average Bonchev–Trinajstić information content (AvgIpc) is 2.53. The molecule has 1 saturated heterocycles. The summed E-state index contributed by atoms with van der Waals surface area (Å²) in [6.45, 7) is 5.18.